The molecule has 0 aliphatic carbocycles. The lowest BCUT2D eigenvalue weighted by atomic mass is 10.1. The Morgan fingerprint density at radius 1 is 1.30 bits per heavy atom. The van der Waals surface area contributed by atoms with E-state index in [4.69, 9.17) is 0 Å². The van der Waals surface area contributed by atoms with Crippen molar-refractivity contribution in [2.45, 2.75) is 19.4 Å². The van der Waals surface area contributed by atoms with Crippen molar-refractivity contribution in [1.29, 1.82) is 0 Å². The van der Waals surface area contributed by atoms with E-state index >= 15 is 0 Å². The fraction of sp³-hybridized carbons (Fsp3) is 0.467. The van der Waals surface area contributed by atoms with Crippen LogP contribution in [0.3, 0.4) is 0 Å². The Morgan fingerprint density at radius 2 is 1.95 bits per heavy atom. The average Bonchev–Trinajstić information content (AvgIpc) is 2.44. The second kappa shape index (κ2) is 6.05. The van der Waals surface area contributed by atoms with Crippen LogP contribution in [-0.2, 0) is 7.05 Å². The third kappa shape index (κ3) is 2.82. The van der Waals surface area contributed by atoms with E-state index in [1.165, 1.54) is 4.68 Å². The fourth-order valence-electron chi connectivity index (χ4n) is 2.34. The number of aryl methyl sites for hydroxylation is 1. The van der Waals surface area contributed by atoms with Gasteiger partial charge in [-0.3, -0.25) is 4.79 Å². The standard InChI is InChI=1S/C15H22N4O/c1-5-11(18(2)3)10-16-14-12-8-6-7-9-13(12)15(20)19(4)17-14/h6-9,11H,5,10H2,1-4H3,(H,16,17)/t11-/m0/s1. The molecule has 2 aromatic rings. The van der Waals surface area contributed by atoms with Crippen LogP contribution in [0.4, 0.5) is 5.82 Å². The number of benzene rings is 1. The zero-order valence-electron chi connectivity index (χ0n) is 12.6. The molecule has 1 heterocycles. The third-order valence-corrected chi connectivity index (χ3v) is 3.66. The zero-order valence-corrected chi connectivity index (χ0v) is 12.6. The second-order valence-corrected chi connectivity index (χ2v) is 5.23. The van der Waals surface area contributed by atoms with E-state index < -0.39 is 0 Å². The molecule has 0 saturated carbocycles. The van der Waals surface area contributed by atoms with E-state index in [-0.39, 0.29) is 5.56 Å². The van der Waals surface area contributed by atoms with Crippen molar-refractivity contribution < 1.29 is 0 Å². The van der Waals surface area contributed by atoms with Gasteiger partial charge in [-0.2, -0.15) is 5.10 Å². The maximum Gasteiger partial charge on any atom is 0.274 e. The number of fused-ring (bicyclic) bond motifs is 1. The summed E-state index contributed by atoms with van der Waals surface area (Å²) in [4.78, 5) is 14.2. The van der Waals surface area contributed by atoms with Gasteiger partial charge in [0.15, 0.2) is 5.82 Å². The van der Waals surface area contributed by atoms with Crippen LogP contribution in [0.5, 0.6) is 0 Å². The lowest BCUT2D eigenvalue weighted by Gasteiger charge is -2.23. The van der Waals surface area contributed by atoms with Gasteiger partial charge in [-0.15, -0.1) is 0 Å². The number of anilines is 1. The molecule has 0 unspecified atom stereocenters. The Labute approximate surface area is 119 Å². The molecule has 108 valence electrons. The highest BCUT2D eigenvalue weighted by atomic mass is 16.1. The molecule has 1 aromatic carbocycles. The van der Waals surface area contributed by atoms with Crippen molar-refractivity contribution in [3.05, 3.63) is 34.6 Å². The van der Waals surface area contributed by atoms with Crippen LogP contribution >= 0.6 is 0 Å². The first kappa shape index (κ1) is 14.5. The van der Waals surface area contributed by atoms with Crippen molar-refractivity contribution in [3.63, 3.8) is 0 Å². The molecule has 1 aromatic heterocycles. The number of rotatable bonds is 5. The summed E-state index contributed by atoms with van der Waals surface area (Å²) in [5, 5.41) is 9.29. The third-order valence-electron chi connectivity index (χ3n) is 3.66. The lowest BCUT2D eigenvalue weighted by molar-refractivity contribution is 0.298. The first-order valence-corrected chi connectivity index (χ1v) is 6.91. The molecule has 2 rings (SSSR count). The van der Waals surface area contributed by atoms with Gasteiger partial charge >= 0.3 is 0 Å². The van der Waals surface area contributed by atoms with E-state index in [1.807, 2.05) is 24.3 Å². The second-order valence-electron chi connectivity index (χ2n) is 5.23. The summed E-state index contributed by atoms with van der Waals surface area (Å²) in [5.41, 5.74) is -0.0641. The minimum absolute atomic E-state index is 0.0641. The van der Waals surface area contributed by atoms with Gasteiger partial charge in [0.2, 0.25) is 0 Å². The Morgan fingerprint density at radius 3 is 2.55 bits per heavy atom. The molecule has 1 N–H and O–H groups in total. The van der Waals surface area contributed by atoms with Crippen molar-refractivity contribution in [3.8, 4) is 0 Å². The number of nitrogens with zero attached hydrogens (tertiary/aromatic N) is 3. The molecule has 0 bridgehead atoms. The molecule has 0 fully saturated rings. The first-order chi connectivity index (χ1) is 9.54. The van der Waals surface area contributed by atoms with E-state index in [2.05, 4.69) is 36.3 Å². The van der Waals surface area contributed by atoms with Crippen LogP contribution in [0.15, 0.2) is 29.1 Å². The molecule has 0 amide bonds. The van der Waals surface area contributed by atoms with Crippen LogP contribution in [0.1, 0.15) is 13.3 Å². The van der Waals surface area contributed by atoms with Crippen LogP contribution < -0.4 is 10.9 Å². The largest absolute Gasteiger partial charge is 0.367 e. The fourth-order valence-corrected chi connectivity index (χ4v) is 2.34. The van der Waals surface area contributed by atoms with Gasteiger partial charge in [0.05, 0.1) is 5.39 Å². The molecule has 0 saturated heterocycles. The highest BCUT2D eigenvalue weighted by molar-refractivity contribution is 5.90. The number of hydrogen-bond acceptors (Lipinski definition) is 4. The first-order valence-electron chi connectivity index (χ1n) is 6.91. The van der Waals surface area contributed by atoms with E-state index in [9.17, 15) is 4.79 Å². The lowest BCUT2D eigenvalue weighted by Crippen LogP contribution is -2.34. The molecule has 0 radical (unpaired) electrons. The quantitative estimate of drug-likeness (QED) is 0.901. The van der Waals surface area contributed by atoms with Crippen LogP contribution in [-0.4, -0.2) is 41.4 Å². The van der Waals surface area contributed by atoms with Crippen LogP contribution in [0.2, 0.25) is 0 Å². The van der Waals surface area contributed by atoms with Gasteiger partial charge in [-0.05, 0) is 26.6 Å². The molecule has 5 heteroatoms. The highest BCUT2D eigenvalue weighted by Crippen LogP contribution is 2.17. The van der Waals surface area contributed by atoms with Crippen molar-refractivity contribution in [1.82, 2.24) is 14.7 Å². The van der Waals surface area contributed by atoms with E-state index in [1.54, 1.807) is 7.05 Å². The minimum atomic E-state index is -0.0641. The topological polar surface area (TPSA) is 50.2 Å². The summed E-state index contributed by atoms with van der Waals surface area (Å²) >= 11 is 0. The maximum absolute atomic E-state index is 12.0. The Balaban J connectivity index is 2.35. The number of nitrogens with one attached hydrogen (secondary N) is 1. The van der Waals surface area contributed by atoms with Gasteiger partial charge in [-0.25, -0.2) is 4.68 Å². The molecule has 0 aliphatic heterocycles. The monoisotopic (exact) mass is 274 g/mol. The van der Waals surface area contributed by atoms with Crippen molar-refractivity contribution in [2.24, 2.45) is 7.05 Å². The van der Waals surface area contributed by atoms with Gasteiger partial charge in [0.25, 0.3) is 5.56 Å². The number of hydrogen-bond donors (Lipinski definition) is 1. The summed E-state index contributed by atoms with van der Waals surface area (Å²) in [5.74, 6) is 0.767. The average molecular weight is 274 g/mol. The normalized spacial score (nSPS) is 12.8. The summed E-state index contributed by atoms with van der Waals surface area (Å²) in [7, 11) is 5.83. The van der Waals surface area contributed by atoms with E-state index in [0.717, 1.165) is 24.2 Å². The Hall–Kier alpha value is -1.88. The SMILES string of the molecule is CC[C@@H](CNc1nn(C)c(=O)c2ccccc12)N(C)C. The predicted octanol–water partition coefficient (Wildman–Crippen LogP) is 1.69. The molecule has 20 heavy (non-hydrogen) atoms. The summed E-state index contributed by atoms with van der Waals surface area (Å²) in [6.45, 7) is 2.97. The highest BCUT2D eigenvalue weighted by Gasteiger charge is 2.12. The van der Waals surface area contributed by atoms with E-state index in [0.29, 0.717) is 11.4 Å². The summed E-state index contributed by atoms with van der Waals surface area (Å²) in [6, 6.07) is 8.02. The molecule has 0 aliphatic rings. The van der Waals surface area contributed by atoms with Crippen LogP contribution in [0, 0.1) is 0 Å². The van der Waals surface area contributed by atoms with Gasteiger partial charge in [0, 0.05) is 25.0 Å². The molecular formula is C15H22N4O. The smallest absolute Gasteiger partial charge is 0.274 e. The summed E-state index contributed by atoms with van der Waals surface area (Å²) in [6.07, 6.45) is 1.06. The maximum atomic E-state index is 12.0. The molecule has 1 atom stereocenters. The predicted molar refractivity (Wildman–Crippen MR) is 83.2 cm³/mol. The Kier molecular flexibility index (Phi) is 4.39. The molecule has 0 spiro atoms. The minimum Gasteiger partial charge on any atom is -0.367 e. The van der Waals surface area contributed by atoms with Crippen molar-refractivity contribution >= 4 is 16.6 Å². The zero-order chi connectivity index (χ0) is 14.7. The Bertz CT molecular complexity index is 648. The number of aromatic nitrogens is 2. The number of likely N-dealkylation sites (N-methyl/N-ethyl adjacent to an activating group) is 1. The van der Waals surface area contributed by atoms with Gasteiger partial charge in [-0.1, -0.05) is 25.1 Å². The molecule has 5 nitrogen and oxygen atoms in total. The van der Waals surface area contributed by atoms with Crippen molar-refractivity contribution in [2.75, 3.05) is 26.0 Å². The van der Waals surface area contributed by atoms with Crippen LogP contribution in [0.25, 0.3) is 10.8 Å². The van der Waals surface area contributed by atoms with Gasteiger partial charge < -0.3 is 10.2 Å². The molecular weight excluding hydrogens is 252 g/mol. The summed E-state index contributed by atoms with van der Waals surface area (Å²) < 4.78 is 1.39. The van der Waals surface area contributed by atoms with Gasteiger partial charge in [0.1, 0.15) is 0 Å².